The number of nitrogens with one attached hydrogen (secondary N) is 1. The molecule has 1 aromatic carbocycles. The molecule has 0 bridgehead atoms. The van der Waals surface area contributed by atoms with Gasteiger partial charge in [-0.2, -0.15) is 0 Å². The zero-order chi connectivity index (χ0) is 16.5. The number of anilines is 1. The lowest BCUT2D eigenvalue weighted by molar-refractivity contribution is 0.102. The van der Waals surface area contributed by atoms with Crippen molar-refractivity contribution in [1.29, 1.82) is 0 Å². The summed E-state index contributed by atoms with van der Waals surface area (Å²) >= 11 is 0. The first-order valence-corrected chi connectivity index (χ1v) is 7.89. The van der Waals surface area contributed by atoms with E-state index in [-0.39, 0.29) is 5.91 Å². The average molecular weight is 316 g/mol. The van der Waals surface area contributed by atoms with Crippen LogP contribution in [-0.2, 0) is 6.42 Å². The molecule has 0 radical (unpaired) electrons. The Labute approximate surface area is 139 Å². The number of hydrogen-bond acceptors (Lipinski definition) is 3. The van der Waals surface area contributed by atoms with E-state index in [1.54, 1.807) is 6.20 Å². The predicted octanol–water partition coefficient (Wildman–Crippen LogP) is 3.70. The molecule has 3 heterocycles. The van der Waals surface area contributed by atoms with E-state index < -0.39 is 0 Å². The monoisotopic (exact) mass is 316 g/mol. The number of para-hydroxylation sites is 1. The van der Waals surface area contributed by atoms with Crippen LogP contribution in [0.2, 0.25) is 0 Å². The summed E-state index contributed by atoms with van der Waals surface area (Å²) in [5.41, 5.74) is 3.61. The lowest BCUT2D eigenvalue weighted by Crippen LogP contribution is -2.16. The van der Waals surface area contributed by atoms with Gasteiger partial charge in [0.2, 0.25) is 0 Å². The number of rotatable bonds is 3. The van der Waals surface area contributed by atoms with Gasteiger partial charge < -0.3 is 5.32 Å². The quantitative estimate of drug-likeness (QED) is 0.627. The summed E-state index contributed by atoms with van der Waals surface area (Å²) in [6.45, 7) is 2.00. The molecular formula is C19H16N4O. The molecule has 24 heavy (non-hydrogen) atoms. The molecule has 0 saturated carbocycles. The molecule has 4 aromatic rings. The zero-order valence-corrected chi connectivity index (χ0v) is 13.2. The van der Waals surface area contributed by atoms with Crippen molar-refractivity contribution >= 4 is 28.1 Å². The molecule has 118 valence electrons. The van der Waals surface area contributed by atoms with Gasteiger partial charge in [0, 0.05) is 17.8 Å². The number of aromatic nitrogens is 3. The Balaban J connectivity index is 1.79. The van der Waals surface area contributed by atoms with E-state index in [1.807, 2.05) is 66.1 Å². The van der Waals surface area contributed by atoms with Crippen molar-refractivity contribution in [3.05, 3.63) is 72.3 Å². The Hall–Kier alpha value is -3.21. The van der Waals surface area contributed by atoms with Crippen molar-refractivity contribution in [3.63, 3.8) is 0 Å². The third-order valence-electron chi connectivity index (χ3n) is 4.03. The molecule has 0 saturated heterocycles. The van der Waals surface area contributed by atoms with Gasteiger partial charge in [-0.15, -0.1) is 0 Å². The third kappa shape index (κ3) is 2.31. The summed E-state index contributed by atoms with van der Waals surface area (Å²) in [7, 11) is 0. The highest BCUT2D eigenvalue weighted by Gasteiger charge is 2.18. The predicted molar refractivity (Wildman–Crippen MR) is 94.3 cm³/mol. The van der Waals surface area contributed by atoms with E-state index in [4.69, 9.17) is 0 Å². The summed E-state index contributed by atoms with van der Waals surface area (Å²) in [6, 6.07) is 15.3. The van der Waals surface area contributed by atoms with Crippen molar-refractivity contribution in [1.82, 2.24) is 14.4 Å². The molecule has 5 heteroatoms. The van der Waals surface area contributed by atoms with Gasteiger partial charge in [-0.05, 0) is 30.7 Å². The summed E-state index contributed by atoms with van der Waals surface area (Å²) in [5, 5.41) is 3.98. The van der Waals surface area contributed by atoms with Crippen LogP contribution in [0.3, 0.4) is 0 Å². The summed E-state index contributed by atoms with van der Waals surface area (Å²) in [4.78, 5) is 21.8. The summed E-state index contributed by atoms with van der Waals surface area (Å²) in [6.07, 6.45) is 4.28. The number of benzene rings is 1. The van der Waals surface area contributed by atoms with Crippen LogP contribution in [0.1, 0.15) is 23.1 Å². The van der Waals surface area contributed by atoms with Crippen molar-refractivity contribution in [2.75, 3.05) is 5.32 Å². The van der Waals surface area contributed by atoms with Gasteiger partial charge in [0.05, 0.1) is 16.9 Å². The Kier molecular flexibility index (Phi) is 3.46. The van der Waals surface area contributed by atoms with Gasteiger partial charge in [-0.25, -0.2) is 4.98 Å². The smallest absolute Gasteiger partial charge is 0.274 e. The fraction of sp³-hybridized carbons (Fsp3) is 0.105. The minimum atomic E-state index is -0.177. The Bertz CT molecular complexity index is 1050. The van der Waals surface area contributed by atoms with Crippen molar-refractivity contribution in [3.8, 4) is 0 Å². The van der Waals surface area contributed by atoms with Gasteiger partial charge in [0.15, 0.2) is 0 Å². The third-order valence-corrected chi connectivity index (χ3v) is 4.03. The zero-order valence-electron chi connectivity index (χ0n) is 13.2. The highest BCUT2D eigenvalue weighted by Crippen LogP contribution is 2.22. The van der Waals surface area contributed by atoms with Gasteiger partial charge in [-0.3, -0.25) is 14.2 Å². The van der Waals surface area contributed by atoms with Crippen LogP contribution in [0.4, 0.5) is 5.69 Å². The molecular weight excluding hydrogens is 300 g/mol. The molecule has 0 aliphatic rings. The van der Waals surface area contributed by atoms with Crippen molar-refractivity contribution in [2.45, 2.75) is 13.3 Å². The second-order valence-corrected chi connectivity index (χ2v) is 5.52. The molecule has 0 aliphatic heterocycles. The molecule has 0 fully saturated rings. The first-order valence-electron chi connectivity index (χ1n) is 7.89. The van der Waals surface area contributed by atoms with Crippen LogP contribution >= 0.6 is 0 Å². The highest BCUT2D eigenvalue weighted by atomic mass is 16.2. The Morgan fingerprint density at radius 2 is 2.00 bits per heavy atom. The maximum absolute atomic E-state index is 12.9. The maximum atomic E-state index is 12.9. The number of aryl methyl sites for hydroxylation is 1. The number of fused-ring (bicyclic) bond motifs is 2. The first-order chi connectivity index (χ1) is 11.8. The Morgan fingerprint density at radius 1 is 1.12 bits per heavy atom. The molecule has 0 spiro atoms. The van der Waals surface area contributed by atoms with Crippen LogP contribution in [0, 0.1) is 0 Å². The average Bonchev–Trinajstić information content (AvgIpc) is 3.01. The second-order valence-electron chi connectivity index (χ2n) is 5.52. The molecule has 1 N–H and O–H groups in total. The molecule has 1 amide bonds. The molecule has 0 aliphatic carbocycles. The van der Waals surface area contributed by atoms with Gasteiger partial charge in [-0.1, -0.05) is 31.2 Å². The normalized spacial score (nSPS) is 11.0. The summed E-state index contributed by atoms with van der Waals surface area (Å²) in [5.74, 6) is -0.177. The van der Waals surface area contributed by atoms with Crippen molar-refractivity contribution < 1.29 is 4.79 Å². The SMILES string of the molecule is CCc1nc2ccccn2c1C(=O)Nc1cccc2cccnc12. The fourth-order valence-electron chi connectivity index (χ4n) is 2.92. The van der Waals surface area contributed by atoms with Crippen LogP contribution in [-0.4, -0.2) is 20.3 Å². The molecule has 0 atom stereocenters. The van der Waals surface area contributed by atoms with Gasteiger partial charge in [0.25, 0.3) is 5.91 Å². The summed E-state index contributed by atoms with van der Waals surface area (Å²) < 4.78 is 1.83. The molecule has 3 aromatic heterocycles. The van der Waals surface area contributed by atoms with E-state index in [9.17, 15) is 4.79 Å². The number of carbonyl (C=O) groups is 1. The van der Waals surface area contributed by atoms with E-state index in [1.165, 1.54) is 0 Å². The van der Waals surface area contributed by atoms with Gasteiger partial charge in [0.1, 0.15) is 11.3 Å². The van der Waals surface area contributed by atoms with E-state index >= 15 is 0 Å². The number of carbonyl (C=O) groups excluding carboxylic acids is 1. The van der Waals surface area contributed by atoms with E-state index in [2.05, 4.69) is 15.3 Å². The fourth-order valence-corrected chi connectivity index (χ4v) is 2.92. The van der Waals surface area contributed by atoms with Gasteiger partial charge >= 0.3 is 0 Å². The molecule has 4 rings (SSSR count). The van der Waals surface area contributed by atoms with Crippen molar-refractivity contribution in [2.24, 2.45) is 0 Å². The highest BCUT2D eigenvalue weighted by molar-refractivity contribution is 6.08. The van der Waals surface area contributed by atoms with Crippen LogP contribution in [0.15, 0.2) is 60.9 Å². The minimum Gasteiger partial charge on any atom is -0.319 e. The maximum Gasteiger partial charge on any atom is 0.274 e. The van der Waals surface area contributed by atoms with Crippen LogP contribution < -0.4 is 5.32 Å². The topological polar surface area (TPSA) is 59.3 Å². The number of nitrogens with zero attached hydrogens (tertiary/aromatic N) is 3. The van der Waals surface area contributed by atoms with E-state index in [0.29, 0.717) is 17.8 Å². The number of pyridine rings is 2. The van der Waals surface area contributed by atoms with Crippen LogP contribution in [0.5, 0.6) is 0 Å². The number of hydrogen-bond donors (Lipinski definition) is 1. The van der Waals surface area contributed by atoms with E-state index in [0.717, 1.165) is 22.2 Å². The number of imidazole rings is 1. The Morgan fingerprint density at radius 3 is 2.88 bits per heavy atom. The molecule has 5 nitrogen and oxygen atoms in total. The largest absolute Gasteiger partial charge is 0.319 e. The number of amides is 1. The lowest BCUT2D eigenvalue weighted by atomic mass is 10.2. The standard InChI is InChI=1S/C19H16N4O/c1-2-14-18(23-12-4-3-10-16(23)21-14)19(24)22-15-9-5-7-13-8-6-11-20-17(13)15/h3-12H,2H2,1H3,(H,22,24). The minimum absolute atomic E-state index is 0.177. The lowest BCUT2D eigenvalue weighted by Gasteiger charge is -2.09. The van der Waals surface area contributed by atoms with Crippen LogP contribution in [0.25, 0.3) is 16.6 Å². The molecule has 0 unspecified atom stereocenters. The first kappa shape index (κ1) is 14.4. The second kappa shape index (κ2) is 5.77.